The van der Waals surface area contributed by atoms with Crippen molar-refractivity contribution >= 4 is 5.95 Å². The molecule has 5 nitrogen and oxygen atoms in total. The van der Waals surface area contributed by atoms with E-state index in [1.54, 1.807) is 11.7 Å². The van der Waals surface area contributed by atoms with Gasteiger partial charge in [-0.15, -0.1) is 0 Å². The molecule has 1 aromatic rings. The third-order valence-corrected chi connectivity index (χ3v) is 0.955. The third kappa shape index (κ3) is 1.16. The van der Waals surface area contributed by atoms with Crippen LogP contribution in [0.2, 0.25) is 0 Å². The first-order chi connectivity index (χ1) is 4.34. The lowest BCUT2D eigenvalue weighted by Crippen LogP contribution is -2.03. The van der Waals surface area contributed by atoms with Crippen molar-refractivity contribution in [3.63, 3.8) is 0 Å². The van der Waals surface area contributed by atoms with Crippen LogP contribution in [0.5, 0.6) is 0 Å². The minimum atomic E-state index is 0.706. The van der Waals surface area contributed by atoms with Crippen molar-refractivity contribution in [3.05, 3.63) is 0 Å². The molecule has 0 saturated carbocycles. The van der Waals surface area contributed by atoms with Crippen LogP contribution < -0.4 is 5.32 Å². The molecule has 0 atom stereocenters. The Hall–Kier alpha value is -1.13. The maximum Gasteiger partial charge on any atom is 0.242 e. The van der Waals surface area contributed by atoms with Gasteiger partial charge in [0.25, 0.3) is 0 Å². The highest BCUT2D eigenvalue weighted by molar-refractivity contribution is 5.19. The highest BCUT2D eigenvalue weighted by atomic mass is 15.6. The van der Waals surface area contributed by atoms with Gasteiger partial charge in [0.1, 0.15) is 0 Å². The van der Waals surface area contributed by atoms with Gasteiger partial charge in [0.15, 0.2) is 0 Å². The second-order valence-electron chi connectivity index (χ2n) is 1.66. The minimum Gasteiger partial charge on any atom is -0.353 e. The van der Waals surface area contributed by atoms with Crippen LogP contribution in [-0.4, -0.2) is 26.8 Å². The molecule has 5 heteroatoms. The van der Waals surface area contributed by atoms with Crippen LogP contribution >= 0.6 is 0 Å². The molecule has 0 aliphatic rings. The van der Waals surface area contributed by atoms with Crippen LogP contribution in [0.4, 0.5) is 5.95 Å². The number of nitrogens with zero attached hydrogens (tertiary/aromatic N) is 4. The number of anilines is 1. The number of hydrogen-bond acceptors (Lipinski definition) is 4. The average Bonchev–Trinajstić information content (AvgIpc) is 2.18. The van der Waals surface area contributed by atoms with Gasteiger partial charge >= 0.3 is 0 Å². The van der Waals surface area contributed by atoms with E-state index in [2.05, 4.69) is 20.8 Å². The van der Waals surface area contributed by atoms with E-state index in [9.17, 15) is 0 Å². The molecule has 50 valence electrons. The Morgan fingerprint density at radius 2 is 2.44 bits per heavy atom. The zero-order chi connectivity index (χ0) is 6.69. The SMILES string of the molecule is CCNc1nnnn1C. The Labute approximate surface area is 53.1 Å². The molecule has 9 heavy (non-hydrogen) atoms. The van der Waals surface area contributed by atoms with E-state index in [4.69, 9.17) is 0 Å². The normalized spacial score (nSPS) is 9.56. The van der Waals surface area contributed by atoms with E-state index < -0.39 is 0 Å². The molecule has 1 N–H and O–H groups in total. The molecular weight excluding hydrogens is 118 g/mol. The number of rotatable bonds is 2. The second kappa shape index (κ2) is 2.43. The highest BCUT2D eigenvalue weighted by Gasteiger charge is 1.95. The van der Waals surface area contributed by atoms with Crippen molar-refractivity contribution in [2.45, 2.75) is 6.92 Å². The zero-order valence-corrected chi connectivity index (χ0v) is 5.50. The molecule has 1 aromatic heterocycles. The van der Waals surface area contributed by atoms with Crippen LogP contribution in [0, 0.1) is 0 Å². The first-order valence-corrected chi connectivity index (χ1v) is 2.81. The Morgan fingerprint density at radius 1 is 1.67 bits per heavy atom. The van der Waals surface area contributed by atoms with Crippen LogP contribution in [0.15, 0.2) is 0 Å². The van der Waals surface area contributed by atoms with Crippen molar-refractivity contribution in [2.75, 3.05) is 11.9 Å². The quantitative estimate of drug-likeness (QED) is 0.589. The van der Waals surface area contributed by atoms with Crippen LogP contribution in [0.3, 0.4) is 0 Å². The molecule has 0 aliphatic heterocycles. The molecule has 0 amide bonds. The number of tetrazole rings is 1. The van der Waals surface area contributed by atoms with Gasteiger partial charge in [0.2, 0.25) is 5.95 Å². The smallest absolute Gasteiger partial charge is 0.242 e. The summed E-state index contributed by atoms with van der Waals surface area (Å²) in [4.78, 5) is 0. The van der Waals surface area contributed by atoms with Gasteiger partial charge in [-0.05, 0) is 17.4 Å². The molecule has 1 rings (SSSR count). The van der Waals surface area contributed by atoms with Crippen LogP contribution in [0.1, 0.15) is 6.92 Å². The summed E-state index contributed by atoms with van der Waals surface area (Å²) >= 11 is 0. The highest BCUT2D eigenvalue weighted by Crippen LogP contribution is 1.92. The van der Waals surface area contributed by atoms with E-state index in [-0.39, 0.29) is 0 Å². The zero-order valence-electron chi connectivity index (χ0n) is 5.50. The topological polar surface area (TPSA) is 55.6 Å². The molecule has 0 spiro atoms. The van der Waals surface area contributed by atoms with Gasteiger partial charge in [-0.3, -0.25) is 0 Å². The lowest BCUT2D eigenvalue weighted by atomic mass is 10.7. The minimum absolute atomic E-state index is 0.706. The Balaban J connectivity index is 2.69. The van der Waals surface area contributed by atoms with E-state index in [1.165, 1.54) is 0 Å². The molecule has 0 saturated heterocycles. The fraction of sp³-hybridized carbons (Fsp3) is 0.750. The number of aryl methyl sites for hydroxylation is 1. The van der Waals surface area contributed by atoms with E-state index >= 15 is 0 Å². The standard InChI is InChI=1S/C4H9N5/c1-3-5-4-6-7-8-9(4)2/h3H2,1-2H3,(H,5,6,8). The first-order valence-electron chi connectivity index (χ1n) is 2.81. The number of hydrogen-bond donors (Lipinski definition) is 1. The van der Waals surface area contributed by atoms with Gasteiger partial charge in [-0.1, -0.05) is 5.10 Å². The fourth-order valence-electron chi connectivity index (χ4n) is 0.537. The van der Waals surface area contributed by atoms with Crippen molar-refractivity contribution in [2.24, 2.45) is 7.05 Å². The maximum absolute atomic E-state index is 3.70. The summed E-state index contributed by atoms with van der Waals surface area (Å²) in [5.74, 6) is 0.706. The molecule has 0 radical (unpaired) electrons. The Bertz CT molecular complexity index is 181. The molecule has 0 aliphatic carbocycles. The summed E-state index contributed by atoms with van der Waals surface area (Å²) in [6.45, 7) is 2.84. The molecular formula is C4H9N5. The Morgan fingerprint density at radius 3 is 2.89 bits per heavy atom. The summed E-state index contributed by atoms with van der Waals surface area (Å²) < 4.78 is 1.59. The van der Waals surface area contributed by atoms with Crippen molar-refractivity contribution in [3.8, 4) is 0 Å². The van der Waals surface area contributed by atoms with E-state index in [0.29, 0.717) is 5.95 Å². The molecule has 1 heterocycles. The van der Waals surface area contributed by atoms with Crippen molar-refractivity contribution < 1.29 is 0 Å². The third-order valence-electron chi connectivity index (χ3n) is 0.955. The first kappa shape index (κ1) is 6.00. The van der Waals surface area contributed by atoms with Gasteiger partial charge in [0, 0.05) is 13.6 Å². The maximum atomic E-state index is 3.70. The number of aromatic nitrogens is 4. The monoisotopic (exact) mass is 127 g/mol. The predicted octanol–water partition coefficient (Wildman–Crippen LogP) is -0.358. The predicted molar refractivity (Wildman–Crippen MR) is 33.0 cm³/mol. The van der Waals surface area contributed by atoms with Gasteiger partial charge in [-0.2, -0.15) is 0 Å². The summed E-state index contributed by atoms with van der Waals surface area (Å²) in [5.41, 5.74) is 0. The molecule has 0 bridgehead atoms. The molecule has 0 fully saturated rings. The fourth-order valence-corrected chi connectivity index (χ4v) is 0.537. The lowest BCUT2D eigenvalue weighted by molar-refractivity contribution is 0.713. The summed E-state index contributed by atoms with van der Waals surface area (Å²) in [7, 11) is 1.79. The molecule has 0 unspecified atom stereocenters. The van der Waals surface area contributed by atoms with E-state index in [1.807, 2.05) is 6.92 Å². The van der Waals surface area contributed by atoms with Gasteiger partial charge in [0.05, 0.1) is 0 Å². The lowest BCUT2D eigenvalue weighted by Gasteiger charge is -1.96. The average molecular weight is 127 g/mol. The molecule has 0 aromatic carbocycles. The summed E-state index contributed by atoms with van der Waals surface area (Å²) in [6, 6.07) is 0. The van der Waals surface area contributed by atoms with Gasteiger partial charge in [-0.25, -0.2) is 4.68 Å². The largest absolute Gasteiger partial charge is 0.353 e. The summed E-state index contributed by atoms with van der Waals surface area (Å²) in [6.07, 6.45) is 0. The van der Waals surface area contributed by atoms with Crippen LogP contribution in [-0.2, 0) is 7.05 Å². The Kier molecular flexibility index (Phi) is 1.62. The van der Waals surface area contributed by atoms with Crippen molar-refractivity contribution in [1.29, 1.82) is 0 Å². The van der Waals surface area contributed by atoms with Gasteiger partial charge < -0.3 is 5.32 Å². The van der Waals surface area contributed by atoms with Crippen molar-refractivity contribution in [1.82, 2.24) is 20.2 Å². The second-order valence-corrected chi connectivity index (χ2v) is 1.66. The van der Waals surface area contributed by atoms with E-state index in [0.717, 1.165) is 6.54 Å². The van der Waals surface area contributed by atoms with Crippen LogP contribution in [0.25, 0.3) is 0 Å². The number of nitrogens with one attached hydrogen (secondary N) is 1. The summed E-state index contributed by atoms with van der Waals surface area (Å²) in [5, 5.41) is 13.7.